The van der Waals surface area contributed by atoms with Crippen molar-refractivity contribution in [1.29, 1.82) is 0 Å². The van der Waals surface area contributed by atoms with E-state index >= 15 is 0 Å². The average molecular weight is 170 g/mol. The van der Waals surface area contributed by atoms with Gasteiger partial charge in [0.05, 0.1) is 0 Å². The highest BCUT2D eigenvalue weighted by Crippen LogP contribution is 2.27. The van der Waals surface area contributed by atoms with E-state index in [0.717, 1.165) is 11.3 Å². The normalized spacial score (nSPS) is 23.4. The molecule has 0 saturated heterocycles. The van der Waals surface area contributed by atoms with Gasteiger partial charge in [0.25, 0.3) is 0 Å². The van der Waals surface area contributed by atoms with Gasteiger partial charge in [-0.2, -0.15) is 0 Å². The second kappa shape index (κ2) is 2.41. The molecule has 1 aliphatic rings. The van der Waals surface area contributed by atoms with Gasteiger partial charge in [-0.05, 0) is 24.3 Å². The molecule has 0 spiro atoms. The number of Topliss-reactive ketones (excluding diaryl/α,β-unsaturated/α-hetero) is 1. The molecule has 0 aliphatic heterocycles. The fraction of sp³-hybridized carbons (Fsp3) is 0.375. The molecule has 0 unspecified atom stereocenters. The topological polar surface area (TPSA) is 17.1 Å². The van der Waals surface area contributed by atoms with Gasteiger partial charge in [0.1, 0.15) is 0 Å². The van der Waals surface area contributed by atoms with Crippen molar-refractivity contribution in [3.63, 3.8) is 0 Å². The van der Waals surface area contributed by atoms with E-state index in [1.54, 1.807) is 17.4 Å². The van der Waals surface area contributed by atoms with E-state index in [9.17, 15) is 9.18 Å². The summed E-state index contributed by atoms with van der Waals surface area (Å²) < 4.78 is 12.8. The van der Waals surface area contributed by atoms with Gasteiger partial charge in [-0.1, -0.05) is 0 Å². The molecule has 1 nitrogen and oxygen atoms in total. The highest BCUT2D eigenvalue weighted by molar-refractivity contribution is 7.10. The van der Waals surface area contributed by atoms with Crippen LogP contribution in [0.2, 0.25) is 0 Å². The Kier molecular flexibility index (Phi) is 1.53. The Bertz CT molecular complexity index is 292. The van der Waals surface area contributed by atoms with E-state index in [4.69, 9.17) is 0 Å². The van der Waals surface area contributed by atoms with Crippen LogP contribution in [0.4, 0.5) is 4.39 Å². The van der Waals surface area contributed by atoms with Crippen LogP contribution in [0.5, 0.6) is 0 Å². The van der Waals surface area contributed by atoms with Crippen LogP contribution in [0.15, 0.2) is 11.4 Å². The fourth-order valence-corrected chi connectivity index (χ4v) is 2.21. The lowest BCUT2D eigenvalue weighted by Gasteiger charge is -2.12. The maximum atomic E-state index is 12.8. The second-order valence-corrected chi connectivity index (χ2v) is 3.63. The number of aryl methyl sites for hydroxylation is 1. The zero-order chi connectivity index (χ0) is 7.84. The van der Waals surface area contributed by atoms with E-state index < -0.39 is 6.17 Å². The smallest absolute Gasteiger partial charge is 0.198 e. The molecule has 11 heavy (non-hydrogen) atoms. The molecule has 1 aliphatic carbocycles. The molecule has 3 heteroatoms. The first kappa shape index (κ1) is 6.98. The van der Waals surface area contributed by atoms with Crippen molar-refractivity contribution in [3.8, 4) is 0 Å². The van der Waals surface area contributed by atoms with Gasteiger partial charge >= 0.3 is 0 Å². The van der Waals surface area contributed by atoms with E-state index in [0.29, 0.717) is 12.0 Å². The summed E-state index contributed by atoms with van der Waals surface area (Å²) in [5.74, 6) is -0.326. The van der Waals surface area contributed by atoms with Gasteiger partial charge in [-0.3, -0.25) is 4.79 Å². The molecular weight excluding hydrogens is 163 g/mol. The van der Waals surface area contributed by atoms with E-state index in [1.165, 1.54) is 0 Å². The molecule has 1 aromatic rings. The van der Waals surface area contributed by atoms with Crippen molar-refractivity contribution in [2.24, 2.45) is 0 Å². The summed E-state index contributed by atoms with van der Waals surface area (Å²) >= 11 is 1.54. The van der Waals surface area contributed by atoms with Gasteiger partial charge in [0.15, 0.2) is 12.0 Å². The van der Waals surface area contributed by atoms with Gasteiger partial charge < -0.3 is 0 Å². The lowest BCUT2D eigenvalue weighted by Crippen LogP contribution is -2.21. The van der Waals surface area contributed by atoms with Crippen LogP contribution in [-0.4, -0.2) is 12.0 Å². The van der Waals surface area contributed by atoms with Crippen molar-refractivity contribution in [2.45, 2.75) is 19.0 Å². The molecule has 1 atom stereocenters. The van der Waals surface area contributed by atoms with E-state index in [2.05, 4.69) is 0 Å². The third-order valence-electron chi connectivity index (χ3n) is 1.92. The van der Waals surface area contributed by atoms with Gasteiger partial charge in [-0.25, -0.2) is 4.39 Å². The number of thiophene rings is 1. The van der Waals surface area contributed by atoms with Gasteiger partial charge in [0, 0.05) is 10.4 Å². The predicted molar refractivity (Wildman–Crippen MR) is 41.9 cm³/mol. The number of ketones is 1. The van der Waals surface area contributed by atoms with Crippen LogP contribution < -0.4 is 0 Å². The molecular formula is C8H7FOS. The Hall–Kier alpha value is -0.700. The Balaban J connectivity index is 2.46. The second-order valence-electron chi connectivity index (χ2n) is 2.63. The number of carbonyl (C=O) groups excluding carboxylic acids is 1. The summed E-state index contributed by atoms with van der Waals surface area (Å²) in [4.78, 5) is 12.2. The monoisotopic (exact) mass is 170 g/mol. The first-order valence-corrected chi connectivity index (χ1v) is 4.41. The summed E-state index contributed by atoms with van der Waals surface area (Å²) in [6, 6.07) is 1.72. The molecule has 0 amide bonds. The highest BCUT2D eigenvalue weighted by Gasteiger charge is 2.27. The van der Waals surface area contributed by atoms with Crippen LogP contribution in [0.25, 0.3) is 0 Å². The quantitative estimate of drug-likeness (QED) is 0.583. The maximum absolute atomic E-state index is 12.8. The first-order chi connectivity index (χ1) is 5.29. The number of hydrogen-bond acceptors (Lipinski definition) is 2. The molecule has 0 bridgehead atoms. The molecule has 1 aromatic heterocycles. The minimum atomic E-state index is -1.25. The van der Waals surface area contributed by atoms with Crippen LogP contribution in [0, 0.1) is 0 Å². The van der Waals surface area contributed by atoms with Crippen molar-refractivity contribution in [3.05, 3.63) is 21.9 Å². The van der Waals surface area contributed by atoms with E-state index in [-0.39, 0.29) is 5.78 Å². The van der Waals surface area contributed by atoms with Crippen molar-refractivity contribution in [2.75, 3.05) is 0 Å². The molecule has 0 radical (unpaired) electrons. The molecule has 1 heterocycles. The fourth-order valence-electron chi connectivity index (χ4n) is 1.31. The molecule has 0 saturated carbocycles. The Morgan fingerprint density at radius 1 is 1.64 bits per heavy atom. The molecule has 0 aromatic carbocycles. The highest BCUT2D eigenvalue weighted by atomic mass is 32.1. The number of carbonyl (C=O) groups is 1. The Labute approximate surface area is 67.9 Å². The zero-order valence-electron chi connectivity index (χ0n) is 5.84. The Morgan fingerprint density at radius 2 is 2.45 bits per heavy atom. The maximum Gasteiger partial charge on any atom is 0.198 e. The molecule has 58 valence electrons. The minimum absolute atomic E-state index is 0.326. The SMILES string of the molecule is O=C1c2ccsc2CC[C@@H]1F. The van der Waals surface area contributed by atoms with Crippen molar-refractivity contribution >= 4 is 17.1 Å². The minimum Gasteiger partial charge on any atom is -0.291 e. The lowest BCUT2D eigenvalue weighted by atomic mass is 9.96. The molecule has 0 fully saturated rings. The van der Waals surface area contributed by atoms with Gasteiger partial charge in [-0.15, -0.1) is 11.3 Å². The van der Waals surface area contributed by atoms with Crippen LogP contribution in [0.1, 0.15) is 21.7 Å². The van der Waals surface area contributed by atoms with E-state index in [1.807, 2.05) is 5.38 Å². The standard InChI is InChI=1S/C8H7FOS/c9-6-1-2-7-5(8(6)10)3-4-11-7/h3-4,6H,1-2H2/t6-/m0/s1. The summed E-state index contributed by atoms with van der Waals surface area (Å²) in [5, 5.41) is 1.85. The molecule has 2 rings (SSSR count). The van der Waals surface area contributed by atoms with Crippen LogP contribution in [0.3, 0.4) is 0 Å². The number of alkyl halides is 1. The van der Waals surface area contributed by atoms with Crippen molar-refractivity contribution < 1.29 is 9.18 Å². The summed E-state index contributed by atoms with van der Waals surface area (Å²) in [5.41, 5.74) is 0.605. The summed E-state index contributed by atoms with van der Waals surface area (Å²) in [7, 11) is 0. The number of hydrogen-bond donors (Lipinski definition) is 0. The zero-order valence-corrected chi connectivity index (χ0v) is 6.66. The Morgan fingerprint density at radius 3 is 3.27 bits per heavy atom. The first-order valence-electron chi connectivity index (χ1n) is 3.53. The van der Waals surface area contributed by atoms with Gasteiger partial charge in [0.2, 0.25) is 0 Å². The van der Waals surface area contributed by atoms with Crippen LogP contribution >= 0.6 is 11.3 Å². The molecule has 0 N–H and O–H groups in total. The summed E-state index contributed by atoms with van der Waals surface area (Å²) in [6.07, 6.45) is -0.163. The number of fused-ring (bicyclic) bond motifs is 1. The van der Waals surface area contributed by atoms with Crippen LogP contribution in [-0.2, 0) is 6.42 Å². The number of halogens is 1. The third kappa shape index (κ3) is 0.997. The third-order valence-corrected chi connectivity index (χ3v) is 2.90. The lowest BCUT2D eigenvalue weighted by molar-refractivity contribution is 0.0858. The summed E-state index contributed by atoms with van der Waals surface area (Å²) in [6.45, 7) is 0. The van der Waals surface area contributed by atoms with Crippen molar-refractivity contribution in [1.82, 2.24) is 0 Å². The average Bonchev–Trinajstić information content (AvgIpc) is 2.45. The number of rotatable bonds is 0. The largest absolute Gasteiger partial charge is 0.291 e. The predicted octanol–water partition coefficient (Wildman–Crippen LogP) is 2.22.